The van der Waals surface area contributed by atoms with Crippen molar-refractivity contribution in [3.63, 3.8) is 0 Å². The molecule has 0 aliphatic heterocycles. The second kappa shape index (κ2) is 6.28. The molecule has 0 atom stereocenters. The van der Waals surface area contributed by atoms with Gasteiger partial charge in [-0.05, 0) is 17.5 Å². The number of nitrogens with zero attached hydrogens (tertiary/aromatic N) is 2. The molecule has 2 aromatic heterocycles. The Morgan fingerprint density at radius 3 is 2.67 bits per heavy atom. The van der Waals surface area contributed by atoms with Gasteiger partial charge in [-0.15, -0.1) is 11.3 Å². The summed E-state index contributed by atoms with van der Waals surface area (Å²) in [4.78, 5) is 5.43. The summed E-state index contributed by atoms with van der Waals surface area (Å²) in [5.74, 6) is 0.704. The first-order valence-electron chi connectivity index (χ1n) is 7.08. The van der Waals surface area contributed by atoms with E-state index < -0.39 is 0 Å². The van der Waals surface area contributed by atoms with Gasteiger partial charge in [0.1, 0.15) is 5.69 Å². The van der Waals surface area contributed by atoms with Crippen LogP contribution in [0.2, 0.25) is 0 Å². The van der Waals surface area contributed by atoms with Gasteiger partial charge in [0.2, 0.25) is 5.88 Å². The Bertz CT molecular complexity index is 715. The van der Waals surface area contributed by atoms with Gasteiger partial charge in [-0.3, -0.25) is 4.40 Å². The molecule has 0 fully saturated rings. The maximum Gasteiger partial charge on any atom is 0.237 e. The van der Waals surface area contributed by atoms with Crippen LogP contribution in [-0.2, 0) is 19.5 Å². The highest BCUT2D eigenvalue weighted by Gasteiger charge is 2.12. The first-order chi connectivity index (χ1) is 10.3. The average Bonchev–Trinajstić information content (AvgIpc) is 3.09. The molecule has 0 unspecified atom stereocenters. The molecule has 0 saturated carbocycles. The van der Waals surface area contributed by atoms with Crippen LogP contribution in [0, 0.1) is 0 Å². The monoisotopic (exact) mass is 301 g/mol. The molecule has 0 aliphatic rings. The first-order valence-corrected chi connectivity index (χ1v) is 7.96. The van der Waals surface area contributed by atoms with Crippen molar-refractivity contribution >= 4 is 16.3 Å². The first kappa shape index (κ1) is 14.1. The SMILES string of the molecule is CCc1ccc(CNCc2c(OC)nc3sccn23)cc1. The fraction of sp³-hybridized carbons (Fsp3) is 0.312. The Morgan fingerprint density at radius 1 is 1.19 bits per heavy atom. The van der Waals surface area contributed by atoms with Crippen LogP contribution < -0.4 is 10.1 Å². The minimum atomic E-state index is 0.704. The van der Waals surface area contributed by atoms with Crippen molar-refractivity contribution in [1.29, 1.82) is 0 Å². The average molecular weight is 301 g/mol. The smallest absolute Gasteiger partial charge is 0.237 e. The van der Waals surface area contributed by atoms with Crippen LogP contribution in [0.25, 0.3) is 4.96 Å². The second-order valence-corrected chi connectivity index (χ2v) is 5.77. The third kappa shape index (κ3) is 2.94. The van der Waals surface area contributed by atoms with Gasteiger partial charge in [0.05, 0.1) is 7.11 Å². The van der Waals surface area contributed by atoms with Crippen molar-refractivity contribution in [3.8, 4) is 5.88 Å². The number of methoxy groups -OCH3 is 1. The molecule has 0 spiro atoms. The van der Waals surface area contributed by atoms with Gasteiger partial charge < -0.3 is 10.1 Å². The molecule has 1 aromatic carbocycles. The Hall–Kier alpha value is -1.85. The standard InChI is InChI=1S/C16H19N3OS/c1-3-12-4-6-13(7-5-12)10-17-11-14-15(20-2)18-16-19(14)8-9-21-16/h4-9,17H,3,10-11H2,1-2H3. The lowest BCUT2D eigenvalue weighted by Gasteiger charge is -2.07. The molecule has 3 rings (SSSR count). The van der Waals surface area contributed by atoms with E-state index >= 15 is 0 Å². The fourth-order valence-electron chi connectivity index (χ4n) is 2.36. The highest BCUT2D eigenvalue weighted by Crippen LogP contribution is 2.22. The zero-order valence-electron chi connectivity index (χ0n) is 12.3. The van der Waals surface area contributed by atoms with E-state index in [-0.39, 0.29) is 0 Å². The van der Waals surface area contributed by atoms with E-state index in [0.717, 1.165) is 30.2 Å². The van der Waals surface area contributed by atoms with Crippen LogP contribution in [0.3, 0.4) is 0 Å². The van der Waals surface area contributed by atoms with Crippen molar-refractivity contribution in [2.45, 2.75) is 26.4 Å². The van der Waals surface area contributed by atoms with Crippen LogP contribution in [0.5, 0.6) is 5.88 Å². The number of thiazole rings is 1. The lowest BCUT2D eigenvalue weighted by molar-refractivity contribution is 0.393. The summed E-state index contributed by atoms with van der Waals surface area (Å²) < 4.78 is 7.44. The van der Waals surface area contributed by atoms with Crippen LogP contribution in [0.15, 0.2) is 35.8 Å². The molecule has 2 heterocycles. The van der Waals surface area contributed by atoms with E-state index in [1.165, 1.54) is 11.1 Å². The minimum absolute atomic E-state index is 0.704. The van der Waals surface area contributed by atoms with Gasteiger partial charge in [0.25, 0.3) is 0 Å². The zero-order chi connectivity index (χ0) is 14.7. The van der Waals surface area contributed by atoms with Gasteiger partial charge in [-0.1, -0.05) is 31.2 Å². The number of ether oxygens (including phenoxy) is 1. The second-order valence-electron chi connectivity index (χ2n) is 4.90. The number of rotatable bonds is 6. The van der Waals surface area contributed by atoms with E-state index in [2.05, 4.69) is 45.9 Å². The highest BCUT2D eigenvalue weighted by molar-refractivity contribution is 7.15. The van der Waals surface area contributed by atoms with Crippen LogP contribution in [0.1, 0.15) is 23.7 Å². The van der Waals surface area contributed by atoms with Crippen molar-refractivity contribution < 1.29 is 4.74 Å². The molecule has 21 heavy (non-hydrogen) atoms. The highest BCUT2D eigenvalue weighted by atomic mass is 32.1. The van der Waals surface area contributed by atoms with E-state index in [0.29, 0.717) is 5.88 Å². The number of aryl methyl sites for hydroxylation is 1. The minimum Gasteiger partial charge on any atom is -0.480 e. The number of nitrogens with one attached hydrogen (secondary N) is 1. The molecule has 0 bridgehead atoms. The molecule has 0 amide bonds. The van der Waals surface area contributed by atoms with Gasteiger partial charge in [0.15, 0.2) is 4.96 Å². The molecule has 110 valence electrons. The van der Waals surface area contributed by atoms with Crippen molar-refractivity contribution in [2.24, 2.45) is 0 Å². The lowest BCUT2D eigenvalue weighted by atomic mass is 10.1. The number of aromatic nitrogens is 2. The largest absolute Gasteiger partial charge is 0.480 e. The van der Waals surface area contributed by atoms with Gasteiger partial charge in [0, 0.05) is 24.7 Å². The fourth-order valence-corrected chi connectivity index (χ4v) is 3.08. The van der Waals surface area contributed by atoms with E-state index in [1.807, 2.05) is 11.6 Å². The summed E-state index contributed by atoms with van der Waals surface area (Å²) in [6.45, 7) is 3.74. The van der Waals surface area contributed by atoms with Crippen molar-refractivity contribution in [2.75, 3.05) is 7.11 Å². The van der Waals surface area contributed by atoms with E-state index in [1.54, 1.807) is 18.4 Å². The van der Waals surface area contributed by atoms with Crippen LogP contribution >= 0.6 is 11.3 Å². The third-order valence-corrected chi connectivity index (χ3v) is 4.33. The third-order valence-electron chi connectivity index (χ3n) is 3.57. The number of fused-ring (bicyclic) bond motifs is 1. The number of benzene rings is 1. The van der Waals surface area contributed by atoms with Crippen LogP contribution in [-0.4, -0.2) is 16.5 Å². The number of hydrogen-bond acceptors (Lipinski definition) is 4. The maximum atomic E-state index is 5.36. The van der Waals surface area contributed by atoms with Gasteiger partial charge in [-0.25, -0.2) is 0 Å². The maximum absolute atomic E-state index is 5.36. The Labute approximate surface area is 128 Å². The summed E-state index contributed by atoms with van der Waals surface area (Å²) in [5, 5.41) is 5.50. The molecule has 5 heteroatoms. The molecular formula is C16H19N3OS. The summed E-state index contributed by atoms with van der Waals surface area (Å²) in [6.07, 6.45) is 3.11. The van der Waals surface area contributed by atoms with E-state index in [4.69, 9.17) is 4.74 Å². The number of hydrogen-bond donors (Lipinski definition) is 1. The zero-order valence-corrected chi connectivity index (χ0v) is 13.1. The van der Waals surface area contributed by atoms with Crippen molar-refractivity contribution in [3.05, 3.63) is 52.7 Å². The van der Waals surface area contributed by atoms with Gasteiger partial charge >= 0.3 is 0 Å². The molecule has 0 saturated heterocycles. The normalized spacial score (nSPS) is 11.1. The quantitative estimate of drug-likeness (QED) is 0.759. The Kier molecular flexibility index (Phi) is 4.22. The predicted molar refractivity (Wildman–Crippen MR) is 86.0 cm³/mol. The molecule has 1 N–H and O–H groups in total. The number of imidazole rings is 1. The summed E-state index contributed by atoms with van der Waals surface area (Å²) in [6, 6.07) is 8.74. The molecular weight excluding hydrogens is 282 g/mol. The summed E-state index contributed by atoms with van der Waals surface area (Å²) in [7, 11) is 1.67. The molecule has 0 aliphatic carbocycles. The molecule has 3 aromatic rings. The van der Waals surface area contributed by atoms with Crippen molar-refractivity contribution in [1.82, 2.24) is 14.7 Å². The van der Waals surface area contributed by atoms with Crippen LogP contribution in [0.4, 0.5) is 0 Å². The Balaban J connectivity index is 1.66. The Morgan fingerprint density at radius 2 is 1.95 bits per heavy atom. The topological polar surface area (TPSA) is 38.6 Å². The summed E-state index contributed by atoms with van der Waals surface area (Å²) in [5.41, 5.74) is 3.73. The molecule has 0 radical (unpaired) electrons. The molecule has 4 nitrogen and oxygen atoms in total. The van der Waals surface area contributed by atoms with Gasteiger partial charge in [-0.2, -0.15) is 4.98 Å². The predicted octanol–water partition coefficient (Wildman–Crippen LogP) is 3.26. The lowest BCUT2D eigenvalue weighted by Crippen LogP contribution is -2.14. The summed E-state index contributed by atoms with van der Waals surface area (Å²) >= 11 is 1.62. The van der Waals surface area contributed by atoms with E-state index in [9.17, 15) is 0 Å².